The van der Waals surface area contributed by atoms with Crippen LogP contribution < -0.4 is 4.31 Å². The van der Waals surface area contributed by atoms with E-state index < -0.39 is 6.43 Å². The molecule has 3 aliphatic rings. The van der Waals surface area contributed by atoms with E-state index >= 15 is 0 Å². The number of benzene rings is 3. The first-order valence-electron chi connectivity index (χ1n) is 13.7. The lowest BCUT2D eigenvalue weighted by Gasteiger charge is -2.36. The first-order chi connectivity index (χ1) is 19.6. The fourth-order valence-electron chi connectivity index (χ4n) is 5.28. The van der Waals surface area contributed by atoms with Crippen molar-refractivity contribution < 1.29 is 8.78 Å². The second-order valence-electron chi connectivity index (χ2n) is 10.1. The van der Waals surface area contributed by atoms with Crippen LogP contribution in [0.5, 0.6) is 0 Å². The first-order valence-corrected chi connectivity index (χ1v) is 14.6. The lowest BCUT2D eigenvalue weighted by molar-refractivity contribution is 0.191. The molecular weight excluding hydrogens is 526 g/mol. The van der Waals surface area contributed by atoms with Gasteiger partial charge in [0.05, 0.1) is 18.8 Å². The number of anilines is 1. The summed E-state index contributed by atoms with van der Waals surface area (Å²) < 4.78 is 28.2. The van der Waals surface area contributed by atoms with E-state index in [1.807, 2.05) is 30.1 Å². The number of piperazine rings is 1. The monoisotopic (exact) mass is 558 g/mol. The maximum Gasteiger partial charge on any atom is 0.278 e. The Labute approximate surface area is 238 Å². The molecule has 3 aromatic rings. The number of rotatable bonds is 9. The summed E-state index contributed by atoms with van der Waals surface area (Å²) in [6.07, 6.45) is -2.45. The van der Waals surface area contributed by atoms with Gasteiger partial charge in [-0.15, -0.1) is 0 Å². The molecule has 0 bridgehead atoms. The summed E-state index contributed by atoms with van der Waals surface area (Å²) in [6.45, 7) is 6.64. The van der Waals surface area contributed by atoms with Crippen LogP contribution in [0.15, 0.2) is 94.1 Å². The third kappa shape index (κ3) is 6.10. The number of para-hydroxylation sites is 1. The number of alkyl halides is 2. The van der Waals surface area contributed by atoms with Gasteiger partial charge in [0.25, 0.3) is 6.43 Å². The van der Waals surface area contributed by atoms with Crippen molar-refractivity contribution in [1.82, 2.24) is 9.80 Å². The van der Waals surface area contributed by atoms with E-state index in [1.54, 1.807) is 0 Å². The fourth-order valence-corrected chi connectivity index (χ4v) is 6.35. The third-order valence-electron chi connectivity index (χ3n) is 7.54. The quantitative estimate of drug-likeness (QED) is 0.315. The van der Waals surface area contributed by atoms with Gasteiger partial charge in [0.1, 0.15) is 11.5 Å². The van der Waals surface area contributed by atoms with E-state index in [9.17, 15) is 8.78 Å². The van der Waals surface area contributed by atoms with E-state index in [4.69, 9.17) is 4.99 Å². The Morgan fingerprint density at radius 3 is 2.35 bits per heavy atom. The van der Waals surface area contributed by atoms with Crippen LogP contribution in [0.1, 0.15) is 28.7 Å². The zero-order chi connectivity index (χ0) is 27.3. The molecule has 0 aliphatic carbocycles. The second kappa shape index (κ2) is 12.3. The van der Waals surface area contributed by atoms with Gasteiger partial charge in [-0.1, -0.05) is 66.7 Å². The molecule has 0 radical (unpaired) electrons. The van der Waals surface area contributed by atoms with Crippen molar-refractivity contribution in [2.24, 2.45) is 15.2 Å². The van der Waals surface area contributed by atoms with Crippen LogP contribution >= 0.6 is 11.9 Å². The van der Waals surface area contributed by atoms with Crippen LogP contribution in [-0.2, 0) is 13.1 Å². The largest absolute Gasteiger partial charge is 0.354 e. The van der Waals surface area contributed by atoms with Crippen molar-refractivity contribution in [2.75, 3.05) is 42.8 Å². The lowest BCUT2D eigenvalue weighted by atomic mass is 10.0. The summed E-state index contributed by atoms with van der Waals surface area (Å²) in [7, 11) is 0. The maximum atomic E-state index is 12.9. The summed E-state index contributed by atoms with van der Waals surface area (Å²) >= 11 is 1.84. The van der Waals surface area contributed by atoms with Gasteiger partial charge >= 0.3 is 0 Å². The van der Waals surface area contributed by atoms with Crippen LogP contribution in [0.25, 0.3) is 0 Å². The van der Waals surface area contributed by atoms with Gasteiger partial charge in [0.2, 0.25) is 0 Å². The molecule has 1 saturated heterocycles. The van der Waals surface area contributed by atoms with Crippen LogP contribution in [0, 0.1) is 0 Å². The van der Waals surface area contributed by atoms with Gasteiger partial charge in [-0.05, 0) is 40.8 Å². The number of hydrogen-bond donors (Lipinski definition) is 0. The van der Waals surface area contributed by atoms with Gasteiger partial charge in [-0.25, -0.2) is 8.78 Å². The fraction of sp³-hybridized carbons (Fsp3) is 0.323. The van der Waals surface area contributed by atoms with Crippen LogP contribution in [-0.4, -0.2) is 72.0 Å². The van der Waals surface area contributed by atoms with Crippen molar-refractivity contribution in [3.63, 3.8) is 0 Å². The zero-order valence-electron chi connectivity index (χ0n) is 22.3. The van der Waals surface area contributed by atoms with Crippen LogP contribution in [0.3, 0.4) is 0 Å². The van der Waals surface area contributed by atoms with E-state index in [0.717, 1.165) is 74.2 Å². The highest BCUT2D eigenvalue weighted by atomic mass is 32.2. The van der Waals surface area contributed by atoms with Crippen molar-refractivity contribution >= 4 is 34.9 Å². The minimum atomic E-state index is -2.56. The van der Waals surface area contributed by atoms with E-state index in [-0.39, 0.29) is 12.1 Å². The normalized spacial score (nSPS) is 17.1. The molecule has 9 heteroatoms. The predicted molar refractivity (Wildman–Crippen MR) is 161 cm³/mol. The molecular formula is C31H32F2N6S. The van der Waals surface area contributed by atoms with Gasteiger partial charge in [-0.2, -0.15) is 10.2 Å². The van der Waals surface area contributed by atoms with Gasteiger partial charge in [0.15, 0.2) is 0 Å². The molecule has 6 nitrogen and oxygen atoms in total. The third-order valence-corrected chi connectivity index (χ3v) is 8.56. The van der Waals surface area contributed by atoms with E-state index in [0.29, 0.717) is 5.71 Å². The number of halogens is 2. The average Bonchev–Trinajstić information content (AvgIpc) is 3.66. The van der Waals surface area contributed by atoms with Crippen molar-refractivity contribution in [3.8, 4) is 0 Å². The van der Waals surface area contributed by atoms with Gasteiger partial charge in [-0.3, -0.25) is 9.89 Å². The van der Waals surface area contributed by atoms with Crippen molar-refractivity contribution in [3.05, 3.63) is 101 Å². The van der Waals surface area contributed by atoms with Gasteiger partial charge in [0, 0.05) is 56.1 Å². The van der Waals surface area contributed by atoms with Crippen molar-refractivity contribution in [1.29, 1.82) is 0 Å². The molecule has 3 aromatic carbocycles. The molecule has 0 saturated carbocycles. The molecule has 3 aliphatic heterocycles. The summed E-state index contributed by atoms with van der Waals surface area (Å²) in [6, 6.07) is 27.0. The second-order valence-corrected chi connectivity index (χ2v) is 11.3. The molecule has 0 aromatic heterocycles. The topological polar surface area (TPSA) is 46.8 Å². The molecule has 0 unspecified atom stereocenters. The van der Waals surface area contributed by atoms with Crippen molar-refractivity contribution in [2.45, 2.75) is 25.9 Å². The van der Waals surface area contributed by atoms with Crippen LogP contribution in [0.4, 0.5) is 14.5 Å². The summed E-state index contributed by atoms with van der Waals surface area (Å²) in [5.41, 5.74) is 6.21. The molecule has 0 N–H and O–H groups in total. The molecule has 1 fully saturated rings. The molecule has 206 valence electrons. The highest BCUT2D eigenvalue weighted by molar-refractivity contribution is 8.00. The Morgan fingerprint density at radius 1 is 0.850 bits per heavy atom. The van der Waals surface area contributed by atoms with E-state index in [2.05, 4.69) is 85.0 Å². The highest BCUT2D eigenvalue weighted by Gasteiger charge is 2.25. The Kier molecular flexibility index (Phi) is 8.20. The SMILES string of the molecule is FC(F)C1=NN=C(c2ccc(CN(SCCN3CCN(C4=NCc5ccccc54)CC3)c3ccccc3)cc2)C1. The Morgan fingerprint density at radius 2 is 1.60 bits per heavy atom. The Hall–Kier alpha value is -3.56. The molecule has 6 rings (SSSR count). The maximum absolute atomic E-state index is 12.9. The molecule has 3 heterocycles. The molecule has 0 spiro atoms. The molecule has 40 heavy (non-hydrogen) atoms. The molecule has 0 atom stereocenters. The number of amidine groups is 1. The summed E-state index contributed by atoms with van der Waals surface area (Å²) in [4.78, 5) is 9.80. The Balaban J connectivity index is 1.02. The number of nitrogens with zero attached hydrogens (tertiary/aromatic N) is 6. The highest BCUT2D eigenvalue weighted by Crippen LogP contribution is 2.26. The smallest absolute Gasteiger partial charge is 0.278 e. The minimum Gasteiger partial charge on any atom is -0.354 e. The number of fused-ring (bicyclic) bond motifs is 1. The Bertz CT molecular complexity index is 1400. The average molecular weight is 559 g/mol. The number of aliphatic imine (C=N–C) groups is 1. The van der Waals surface area contributed by atoms with E-state index in [1.165, 1.54) is 11.1 Å². The molecule has 0 amide bonds. The first kappa shape index (κ1) is 26.7. The predicted octanol–water partition coefficient (Wildman–Crippen LogP) is 5.73. The van der Waals surface area contributed by atoms with Crippen LogP contribution in [0.2, 0.25) is 0 Å². The number of hydrogen-bond acceptors (Lipinski definition) is 7. The van der Waals surface area contributed by atoms with Gasteiger partial charge < -0.3 is 9.21 Å². The zero-order valence-corrected chi connectivity index (χ0v) is 23.1. The minimum absolute atomic E-state index is 0.110. The standard InChI is InChI=1S/C31H32F2N6S/c32-30(33)29-20-28(35-36-29)24-12-10-23(11-13-24)22-39(26-7-2-1-3-8-26)40-19-18-37-14-16-38(17-15-37)31-27-9-5-4-6-25(27)21-34-31/h1-13,30H,14-22H2. The lowest BCUT2D eigenvalue weighted by Crippen LogP contribution is -2.49. The summed E-state index contributed by atoms with van der Waals surface area (Å²) in [5.74, 6) is 2.15. The summed E-state index contributed by atoms with van der Waals surface area (Å²) in [5, 5.41) is 7.60.